The number of amides is 1. The smallest absolute Gasteiger partial charge is 0.251 e. The van der Waals surface area contributed by atoms with Crippen molar-refractivity contribution in [1.29, 1.82) is 0 Å². The summed E-state index contributed by atoms with van der Waals surface area (Å²) in [5, 5.41) is 14.3. The van der Waals surface area contributed by atoms with Crippen LogP contribution in [0.25, 0.3) is 5.69 Å². The van der Waals surface area contributed by atoms with Crippen molar-refractivity contribution in [2.24, 2.45) is 5.92 Å². The molecule has 1 N–H and O–H groups in total. The van der Waals surface area contributed by atoms with Gasteiger partial charge >= 0.3 is 0 Å². The molecule has 2 heterocycles. The number of nitrogens with one attached hydrogen (secondary N) is 1. The minimum atomic E-state index is -0.0421. The molecule has 1 fully saturated rings. The van der Waals surface area contributed by atoms with E-state index < -0.39 is 0 Å². The minimum absolute atomic E-state index is 0.0421. The molecular formula is C20H22N6O. The molecule has 2 aromatic carbocycles. The largest absolute Gasteiger partial charge is 0.371 e. The SMILES string of the molecule is Cc1cc(C(=O)NCC2CCN(c3ccccc3)C2)ccc1-n1cnnn1. The third-order valence-electron chi connectivity index (χ3n) is 5.01. The molecule has 138 valence electrons. The molecule has 1 aliphatic rings. The zero-order valence-electron chi connectivity index (χ0n) is 15.2. The van der Waals surface area contributed by atoms with Crippen LogP contribution in [0.1, 0.15) is 22.3 Å². The fraction of sp³-hybridized carbons (Fsp3) is 0.300. The van der Waals surface area contributed by atoms with Crippen LogP contribution in [-0.4, -0.2) is 45.7 Å². The molecule has 1 saturated heterocycles. The van der Waals surface area contributed by atoms with Crippen molar-refractivity contribution in [2.75, 3.05) is 24.5 Å². The maximum Gasteiger partial charge on any atom is 0.251 e. The summed E-state index contributed by atoms with van der Waals surface area (Å²) in [7, 11) is 0. The van der Waals surface area contributed by atoms with Gasteiger partial charge < -0.3 is 10.2 Å². The topological polar surface area (TPSA) is 75.9 Å². The third-order valence-corrected chi connectivity index (χ3v) is 5.01. The Morgan fingerprint density at radius 2 is 2.07 bits per heavy atom. The molecule has 1 amide bonds. The van der Waals surface area contributed by atoms with E-state index >= 15 is 0 Å². The first kappa shape index (κ1) is 17.2. The van der Waals surface area contributed by atoms with Gasteiger partial charge in [-0.05, 0) is 65.6 Å². The van der Waals surface area contributed by atoms with Gasteiger partial charge in [-0.3, -0.25) is 4.79 Å². The Balaban J connectivity index is 1.34. The maximum absolute atomic E-state index is 12.5. The van der Waals surface area contributed by atoms with Gasteiger partial charge in [-0.2, -0.15) is 0 Å². The van der Waals surface area contributed by atoms with E-state index in [4.69, 9.17) is 0 Å². The summed E-state index contributed by atoms with van der Waals surface area (Å²) in [5.74, 6) is 0.426. The normalized spacial score (nSPS) is 16.5. The molecule has 27 heavy (non-hydrogen) atoms. The average Bonchev–Trinajstić information content (AvgIpc) is 3.39. The predicted octanol–water partition coefficient (Wildman–Crippen LogP) is 2.23. The van der Waals surface area contributed by atoms with Crippen LogP contribution in [0.2, 0.25) is 0 Å². The highest BCUT2D eigenvalue weighted by molar-refractivity contribution is 5.94. The van der Waals surface area contributed by atoms with E-state index in [-0.39, 0.29) is 5.91 Å². The third kappa shape index (κ3) is 3.81. The number of anilines is 1. The van der Waals surface area contributed by atoms with Crippen molar-refractivity contribution < 1.29 is 4.79 Å². The zero-order valence-corrected chi connectivity index (χ0v) is 15.2. The summed E-state index contributed by atoms with van der Waals surface area (Å²) in [6, 6.07) is 16.0. The van der Waals surface area contributed by atoms with Gasteiger partial charge in [0.05, 0.1) is 5.69 Å². The summed E-state index contributed by atoms with van der Waals surface area (Å²) in [5.41, 5.74) is 3.72. The molecule has 0 aliphatic carbocycles. The molecule has 0 bridgehead atoms. The second-order valence-electron chi connectivity index (χ2n) is 6.90. The molecule has 7 nitrogen and oxygen atoms in total. The Kier molecular flexibility index (Phi) is 4.82. The van der Waals surface area contributed by atoms with E-state index in [0.717, 1.165) is 30.8 Å². The van der Waals surface area contributed by atoms with E-state index in [1.54, 1.807) is 11.0 Å². The Labute approximate surface area is 158 Å². The van der Waals surface area contributed by atoms with Gasteiger partial charge in [-0.25, -0.2) is 4.68 Å². The number of para-hydroxylation sites is 1. The molecule has 1 aromatic heterocycles. The van der Waals surface area contributed by atoms with E-state index in [1.807, 2.05) is 31.2 Å². The van der Waals surface area contributed by atoms with Crippen LogP contribution in [0, 0.1) is 12.8 Å². The number of nitrogens with zero attached hydrogens (tertiary/aromatic N) is 5. The summed E-state index contributed by atoms with van der Waals surface area (Å²) < 4.78 is 1.59. The summed E-state index contributed by atoms with van der Waals surface area (Å²) >= 11 is 0. The lowest BCUT2D eigenvalue weighted by atomic mass is 10.1. The Hall–Kier alpha value is -3.22. The average molecular weight is 362 g/mol. The van der Waals surface area contributed by atoms with Crippen LogP contribution < -0.4 is 10.2 Å². The number of carbonyl (C=O) groups excluding carboxylic acids is 1. The first-order chi connectivity index (χ1) is 13.2. The molecule has 1 unspecified atom stereocenters. The lowest BCUT2D eigenvalue weighted by Gasteiger charge is -2.18. The van der Waals surface area contributed by atoms with Crippen LogP contribution >= 0.6 is 0 Å². The molecule has 1 aliphatic heterocycles. The Bertz CT molecular complexity index is 909. The van der Waals surface area contributed by atoms with E-state index in [0.29, 0.717) is 18.0 Å². The van der Waals surface area contributed by atoms with E-state index in [1.165, 1.54) is 5.69 Å². The van der Waals surface area contributed by atoms with Gasteiger partial charge in [0, 0.05) is 30.9 Å². The van der Waals surface area contributed by atoms with Gasteiger partial charge in [0.15, 0.2) is 0 Å². The summed E-state index contributed by atoms with van der Waals surface area (Å²) in [4.78, 5) is 14.9. The molecule has 0 spiro atoms. The van der Waals surface area contributed by atoms with Crippen molar-refractivity contribution in [2.45, 2.75) is 13.3 Å². The van der Waals surface area contributed by atoms with Crippen LogP contribution in [0.4, 0.5) is 5.69 Å². The van der Waals surface area contributed by atoms with Crippen LogP contribution in [-0.2, 0) is 0 Å². The van der Waals surface area contributed by atoms with Gasteiger partial charge in [-0.1, -0.05) is 18.2 Å². The number of aryl methyl sites for hydroxylation is 1. The highest BCUT2D eigenvalue weighted by atomic mass is 16.1. The van der Waals surface area contributed by atoms with Crippen molar-refractivity contribution in [3.8, 4) is 5.69 Å². The number of carbonyl (C=O) groups is 1. The fourth-order valence-electron chi connectivity index (χ4n) is 3.54. The van der Waals surface area contributed by atoms with Crippen LogP contribution in [0.5, 0.6) is 0 Å². The minimum Gasteiger partial charge on any atom is -0.371 e. The fourth-order valence-corrected chi connectivity index (χ4v) is 3.54. The molecule has 4 rings (SSSR count). The summed E-state index contributed by atoms with van der Waals surface area (Å²) in [6.07, 6.45) is 2.63. The predicted molar refractivity (Wildman–Crippen MR) is 103 cm³/mol. The van der Waals surface area contributed by atoms with Crippen molar-refractivity contribution in [1.82, 2.24) is 25.5 Å². The molecule has 7 heteroatoms. The van der Waals surface area contributed by atoms with Gasteiger partial charge in [0.1, 0.15) is 6.33 Å². The molecule has 0 saturated carbocycles. The molecular weight excluding hydrogens is 340 g/mol. The van der Waals surface area contributed by atoms with Crippen LogP contribution in [0.15, 0.2) is 54.9 Å². The standard InChI is InChI=1S/C20H22N6O/c1-15-11-17(7-8-19(15)26-14-22-23-24-26)20(27)21-12-16-9-10-25(13-16)18-5-3-2-4-6-18/h2-8,11,14,16H,9-10,12-13H2,1H3,(H,21,27). The second-order valence-corrected chi connectivity index (χ2v) is 6.90. The lowest BCUT2D eigenvalue weighted by Crippen LogP contribution is -2.31. The van der Waals surface area contributed by atoms with Crippen molar-refractivity contribution in [3.63, 3.8) is 0 Å². The van der Waals surface area contributed by atoms with Gasteiger partial charge in [0.25, 0.3) is 5.91 Å². The maximum atomic E-state index is 12.5. The van der Waals surface area contributed by atoms with E-state index in [2.05, 4.69) is 50.0 Å². The summed E-state index contributed by atoms with van der Waals surface area (Å²) in [6.45, 7) is 4.64. The van der Waals surface area contributed by atoms with Gasteiger partial charge in [-0.15, -0.1) is 5.10 Å². The number of tetrazole rings is 1. The van der Waals surface area contributed by atoms with Crippen molar-refractivity contribution in [3.05, 3.63) is 66.0 Å². The quantitative estimate of drug-likeness (QED) is 0.753. The van der Waals surface area contributed by atoms with E-state index in [9.17, 15) is 4.79 Å². The first-order valence-electron chi connectivity index (χ1n) is 9.13. The first-order valence-corrected chi connectivity index (χ1v) is 9.13. The number of hydrogen-bond acceptors (Lipinski definition) is 5. The number of hydrogen-bond donors (Lipinski definition) is 1. The molecule has 0 radical (unpaired) electrons. The number of aromatic nitrogens is 4. The van der Waals surface area contributed by atoms with Crippen molar-refractivity contribution >= 4 is 11.6 Å². The highest BCUT2D eigenvalue weighted by Crippen LogP contribution is 2.23. The Morgan fingerprint density at radius 1 is 1.22 bits per heavy atom. The Morgan fingerprint density at radius 3 is 2.81 bits per heavy atom. The molecule has 3 aromatic rings. The second kappa shape index (κ2) is 7.57. The zero-order chi connectivity index (χ0) is 18.6. The lowest BCUT2D eigenvalue weighted by molar-refractivity contribution is 0.0948. The number of rotatable bonds is 5. The van der Waals surface area contributed by atoms with Crippen LogP contribution in [0.3, 0.4) is 0 Å². The molecule has 1 atom stereocenters. The highest BCUT2D eigenvalue weighted by Gasteiger charge is 2.23. The van der Waals surface area contributed by atoms with Gasteiger partial charge in [0.2, 0.25) is 0 Å². The monoisotopic (exact) mass is 362 g/mol. The number of benzene rings is 2.